The molecule has 2 aromatic carbocycles. The fourth-order valence-electron chi connectivity index (χ4n) is 2.85. The van der Waals surface area contributed by atoms with E-state index in [0.29, 0.717) is 28.2 Å². The summed E-state index contributed by atoms with van der Waals surface area (Å²) in [6.45, 7) is 1.98. The second kappa shape index (κ2) is 8.43. The molecule has 31 heavy (non-hydrogen) atoms. The number of aryl methyl sites for hydroxylation is 1. The molecular weight excluding hydrogens is 440 g/mol. The zero-order valence-electron chi connectivity index (χ0n) is 16.9. The lowest BCUT2D eigenvalue weighted by Crippen LogP contribution is -2.05. The van der Waals surface area contributed by atoms with Crippen LogP contribution in [0.4, 0.5) is 0 Å². The van der Waals surface area contributed by atoms with Gasteiger partial charge in [-0.1, -0.05) is 17.8 Å². The van der Waals surface area contributed by atoms with E-state index in [1.54, 1.807) is 28.6 Å². The van der Waals surface area contributed by atoms with E-state index in [0.717, 1.165) is 17.5 Å². The second-order valence-corrected chi connectivity index (χ2v) is 9.57. The van der Waals surface area contributed by atoms with Gasteiger partial charge in [-0.2, -0.15) is 9.36 Å². The van der Waals surface area contributed by atoms with Gasteiger partial charge in [0, 0.05) is 6.26 Å². The van der Waals surface area contributed by atoms with Gasteiger partial charge in [-0.25, -0.2) is 8.42 Å². The second-order valence-electron chi connectivity index (χ2n) is 6.61. The lowest BCUT2D eigenvalue weighted by atomic mass is 10.2. The van der Waals surface area contributed by atoms with Crippen molar-refractivity contribution in [2.45, 2.75) is 22.7 Å². The lowest BCUT2D eigenvalue weighted by molar-refractivity contribution is 0.410. The van der Waals surface area contributed by atoms with Crippen LogP contribution in [0.25, 0.3) is 11.4 Å². The largest absolute Gasteiger partial charge is 0.494 e. The van der Waals surface area contributed by atoms with Gasteiger partial charge in [0.1, 0.15) is 11.4 Å². The molecule has 0 atom stereocenters. The number of methoxy groups -OCH3 is 1. The first kappa shape index (κ1) is 20.9. The van der Waals surface area contributed by atoms with Gasteiger partial charge < -0.3 is 4.74 Å². The van der Waals surface area contributed by atoms with E-state index in [4.69, 9.17) is 4.74 Å². The minimum Gasteiger partial charge on any atom is -0.494 e. The van der Waals surface area contributed by atoms with Crippen LogP contribution in [0.15, 0.2) is 52.5 Å². The minimum atomic E-state index is -3.28. The topological polar surface area (TPSA) is 131 Å². The van der Waals surface area contributed by atoms with Crippen LogP contribution in [0.5, 0.6) is 5.75 Å². The van der Waals surface area contributed by atoms with Crippen LogP contribution in [0.3, 0.4) is 0 Å². The lowest BCUT2D eigenvalue weighted by Gasteiger charge is -2.10. The van der Waals surface area contributed by atoms with Crippen LogP contribution in [-0.2, 0) is 15.6 Å². The Balaban J connectivity index is 1.58. The average Bonchev–Trinajstić information content (AvgIpc) is 3.41. The number of thioether (sulfide) groups is 1. The predicted molar refractivity (Wildman–Crippen MR) is 112 cm³/mol. The molecule has 11 nitrogen and oxygen atoms in total. The van der Waals surface area contributed by atoms with Gasteiger partial charge in [-0.3, -0.25) is 0 Å². The minimum absolute atomic E-state index is 0.228. The monoisotopic (exact) mass is 458 g/mol. The van der Waals surface area contributed by atoms with Crippen molar-refractivity contribution in [3.8, 4) is 17.1 Å². The number of nitrogens with zero attached hydrogens (tertiary/aromatic N) is 8. The van der Waals surface area contributed by atoms with Gasteiger partial charge >= 0.3 is 0 Å². The first-order chi connectivity index (χ1) is 14.9. The van der Waals surface area contributed by atoms with Crippen molar-refractivity contribution in [3.63, 3.8) is 0 Å². The van der Waals surface area contributed by atoms with Crippen molar-refractivity contribution >= 4 is 21.6 Å². The van der Waals surface area contributed by atoms with Crippen molar-refractivity contribution in [3.05, 3.63) is 53.9 Å². The molecule has 0 bridgehead atoms. The zero-order valence-corrected chi connectivity index (χ0v) is 18.5. The Morgan fingerprint density at radius 1 is 1.00 bits per heavy atom. The fraction of sp³-hybridized carbons (Fsp3) is 0.222. The zero-order chi connectivity index (χ0) is 22.0. The molecule has 0 spiro atoms. The van der Waals surface area contributed by atoms with E-state index in [1.165, 1.54) is 23.9 Å². The number of rotatable bonds is 7. The summed E-state index contributed by atoms with van der Waals surface area (Å²) in [5.41, 5.74) is 2.42. The van der Waals surface area contributed by atoms with Crippen molar-refractivity contribution in [1.82, 2.24) is 40.4 Å². The number of hydrogen-bond acceptors (Lipinski definition) is 10. The highest BCUT2D eigenvalue weighted by Gasteiger charge is 2.16. The van der Waals surface area contributed by atoms with Crippen molar-refractivity contribution in [1.29, 1.82) is 0 Å². The number of aromatic nitrogens is 8. The van der Waals surface area contributed by atoms with Gasteiger partial charge in [0.15, 0.2) is 15.7 Å². The average molecular weight is 459 g/mol. The summed E-state index contributed by atoms with van der Waals surface area (Å²) in [6.07, 6.45) is 1.16. The molecule has 4 rings (SSSR count). The highest BCUT2D eigenvalue weighted by Crippen LogP contribution is 2.28. The molecule has 0 unspecified atom stereocenters. The Bertz CT molecular complexity index is 1320. The number of tetrazole rings is 2. The standard InChI is InChI=1S/C18H18N8O3S2/c1-12-4-9-16(29-2)15(10-12)26-18(20-22-24-26)30-11-17-19-21-23-25(17)13-5-7-14(8-6-13)31(3,27)28/h4-10H,11H2,1-3H3. The molecule has 0 saturated heterocycles. The van der Waals surface area contributed by atoms with Crippen LogP contribution in [0.1, 0.15) is 11.4 Å². The van der Waals surface area contributed by atoms with Crippen molar-refractivity contribution in [2.24, 2.45) is 0 Å². The Labute approximate surface area is 182 Å². The van der Waals surface area contributed by atoms with Crippen LogP contribution in [0, 0.1) is 6.92 Å². The van der Waals surface area contributed by atoms with Crippen LogP contribution in [0.2, 0.25) is 0 Å². The molecule has 4 aromatic rings. The third-order valence-corrected chi connectivity index (χ3v) is 6.42. The van der Waals surface area contributed by atoms with Gasteiger partial charge in [-0.05, 0) is 69.7 Å². The Morgan fingerprint density at radius 2 is 1.71 bits per heavy atom. The van der Waals surface area contributed by atoms with Crippen LogP contribution >= 0.6 is 11.8 Å². The molecule has 0 aliphatic rings. The molecule has 2 aromatic heterocycles. The molecule has 2 heterocycles. The summed E-state index contributed by atoms with van der Waals surface area (Å²) in [7, 11) is -1.69. The van der Waals surface area contributed by atoms with E-state index in [1.807, 2.05) is 25.1 Å². The van der Waals surface area contributed by atoms with Crippen LogP contribution in [-0.4, -0.2) is 62.2 Å². The van der Waals surface area contributed by atoms with Crippen molar-refractivity contribution < 1.29 is 13.2 Å². The maximum atomic E-state index is 11.7. The third kappa shape index (κ3) is 4.41. The van der Waals surface area contributed by atoms with Gasteiger partial charge in [0.25, 0.3) is 0 Å². The highest BCUT2D eigenvalue weighted by atomic mass is 32.2. The molecule has 0 aliphatic carbocycles. The summed E-state index contributed by atoms with van der Waals surface area (Å²) in [6, 6.07) is 12.1. The van der Waals surface area contributed by atoms with E-state index < -0.39 is 9.84 Å². The molecule has 0 aliphatic heterocycles. The normalized spacial score (nSPS) is 11.6. The predicted octanol–water partition coefficient (Wildman–Crippen LogP) is 1.65. The molecule has 0 fully saturated rings. The number of hydrogen-bond donors (Lipinski definition) is 0. The summed E-state index contributed by atoms with van der Waals surface area (Å²) in [4.78, 5) is 0.228. The molecule has 0 amide bonds. The van der Waals surface area contributed by atoms with Gasteiger partial charge in [0.2, 0.25) is 5.16 Å². The molecule has 160 valence electrons. The summed E-state index contributed by atoms with van der Waals surface area (Å²) in [5, 5.41) is 24.4. The van der Waals surface area contributed by atoms with E-state index in [2.05, 4.69) is 31.1 Å². The Kier molecular flexibility index (Phi) is 5.69. The maximum Gasteiger partial charge on any atom is 0.214 e. The molecule has 13 heteroatoms. The van der Waals surface area contributed by atoms with E-state index >= 15 is 0 Å². The first-order valence-corrected chi connectivity index (χ1v) is 11.9. The van der Waals surface area contributed by atoms with Crippen LogP contribution < -0.4 is 4.74 Å². The summed E-state index contributed by atoms with van der Waals surface area (Å²) >= 11 is 1.36. The Morgan fingerprint density at radius 3 is 2.42 bits per heavy atom. The van der Waals surface area contributed by atoms with Crippen molar-refractivity contribution in [2.75, 3.05) is 13.4 Å². The molecular formula is C18H18N8O3S2. The highest BCUT2D eigenvalue weighted by molar-refractivity contribution is 7.98. The van der Waals surface area contributed by atoms with Gasteiger partial charge in [-0.15, -0.1) is 10.2 Å². The summed E-state index contributed by atoms with van der Waals surface area (Å²) in [5.74, 6) is 1.59. The molecule has 0 saturated carbocycles. The van der Waals surface area contributed by atoms with E-state index in [-0.39, 0.29) is 4.90 Å². The molecule has 0 N–H and O–H groups in total. The fourth-order valence-corrected chi connectivity index (χ4v) is 4.27. The Hall–Kier alpha value is -3.32. The quantitative estimate of drug-likeness (QED) is 0.377. The summed E-state index contributed by atoms with van der Waals surface area (Å²) < 4.78 is 31.9. The number of ether oxygens (including phenoxy) is 1. The maximum absolute atomic E-state index is 11.7. The number of benzene rings is 2. The smallest absolute Gasteiger partial charge is 0.214 e. The molecule has 0 radical (unpaired) electrons. The third-order valence-electron chi connectivity index (χ3n) is 4.38. The van der Waals surface area contributed by atoms with E-state index in [9.17, 15) is 8.42 Å². The van der Waals surface area contributed by atoms with Gasteiger partial charge in [0.05, 0.1) is 23.4 Å². The number of sulfone groups is 1. The SMILES string of the molecule is COc1ccc(C)cc1-n1nnnc1SCc1nnnn1-c1ccc(S(C)(=O)=O)cc1. The first-order valence-electron chi connectivity index (χ1n) is 9.01.